The second kappa shape index (κ2) is 9.07. The Morgan fingerprint density at radius 2 is 1.85 bits per heavy atom. The number of aryl methyl sites for hydroxylation is 1. The molecule has 0 spiro atoms. The van der Waals surface area contributed by atoms with Crippen molar-refractivity contribution in [3.05, 3.63) is 41.3 Å². The standard InChI is InChI=1S/C25H32F3N5O/c1-14(2)22-24(34)31-21-15(3)29-20(30-23(21)33(22)5)13-16-6-9-19(12-16)32(4)18-10-7-17(8-11-18)25(26,27)28/h7-8,10-11,14,16,19,22H,6,9,12-13H2,1-5H3,(H,31,34)/t16-,19-,22-/m0/s1. The highest BCUT2D eigenvalue weighted by Crippen LogP contribution is 2.37. The van der Waals surface area contributed by atoms with Crippen molar-refractivity contribution in [3.8, 4) is 0 Å². The van der Waals surface area contributed by atoms with Gasteiger partial charge in [-0.3, -0.25) is 4.79 Å². The minimum Gasteiger partial charge on any atom is -0.372 e. The van der Waals surface area contributed by atoms with Crippen LogP contribution in [0.25, 0.3) is 0 Å². The van der Waals surface area contributed by atoms with E-state index in [1.165, 1.54) is 0 Å². The van der Waals surface area contributed by atoms with E-state index in [9.17, 15) is 18.0 Å². The Morgan fingerprint density at radius 3 is 2.47 bits per heavy atom. The predicted molar refractivity (Wildman–Crippen MR) is 127 cm³/mol. The number of rotatable bonds is 5. The van der Waals surface area contributed by atoms with Crippen molar-refractivity contribution in [2.45, 2.75) is 64.7 Å². The average Bonchev–Trinajstić information content (AvgIpc) is 3.22. The van der Waals surface area contributed by atoms with Gasteiger partial charge < -0.3 is 15.1 Å². The van der Waals surface area contributed by atoms with Crippen LogP contribution in [0.4, 0.5) is 30.4 Å². The van der Waals surface area contributed by atoms with Gasteiger partial charge in [0.15, 0.2) is 5.82 Å². The molecule has 9 heteroatoms. The number of carbonyl (C=O) groups excluding carboxylic acids is 1. The van der Waals surface area contributed by atoms with Gasteiger partial charge in [-0.15, -0.1) is 0 Å². The number of amides is 1. The Bertz CT molecular complexity index is 1050. The summed E-state index contributed by atoms with van der Waals surface area (Å²) in [6.45, 7) is 5.93. The zero-order chi connectivity index (χ0) is 24.8. The summed E-state index contributed by atoms with van der Waals surface area (Å²) in [7, 11) is 3.85. The molecule has 3 atom stereocenters. The third-order valence-electron chi connectivity index (χ3n) is 7.15. The van der Waals surface area contributed by atoms with Gasteiger partial charge >= 0.3 is 6.18 Å². The van der Waals surface area contributed by atoms with E-state index in [-0.39, 0.29) is 23.9 Å². The molecule has 0 unspecified atom stereocenters. The number of nitrogens with one attached hydrogen (secondary N) is 1. The van der Waals surface area contributed by atoms with E-state index >= 15 is 0 Å². The van der Waals surface area contributed by atoms with Crippen LogP contribution in [0.15, 0.2) is 24.3 Å². The quantitative estimate of drug-likeness (QED) is 0.655. The first-order chi connectivity index (χ1) is 16.0. The smallest absolute Gasteiger partial charge is 0.372 e. The summed E-state index contributed by atoms with van der Waals surface area (Å²) < 4.78 is 38.6. The molecule has 1 aliphatic carbocycles. The van der Waals surface area contributed by atoms with Crippen LogP contribution in [-0.2, 0) is 17.4 Å². The SMILES string of the molecule is Cc1nc(C[C@H]2CC[C@H](N(C)c3ccc(C(F)(F)F)cc3)C2)nc2c1NC(=O)[C@H](C(C)C)N2C. The van der Waals surface area contributed by atoms with Crippen molar-refractivity contribution in [3.63, 3.8) is 0 Å². The number of carbonyl (C=O) groups is 1. The minimum absolute atomic E-state index is 0.0330. The van der Waals surface area contributed by atoms with E-state index in [1.54, 1.807) is 12.1 Å². The van der Waals surface area contributed by atoms with Crippen LogP contribution in [0.2, 0.25) is 0 Å². The fourth-order valence-electron chi connectivity index (χ4n) is 5.30. The first-order valence-electron chi connectivity index (χ1n) is 11.8. The van der Waals surface area contributed by atoms with Crippen LogP contribution in [-0.4, -0.2) is 42.1 Å². The van der Waals surface area contributed by atoms with Gasteiger partial charge in [0, 0.05) is 32.2 Å². The largest absolute Gasteiger partial charge is 0.416 e. The van der Waals surface area contributed by atoms with E-state index in [1.807, 2.05) is 39.8 Å². The van der Waals surface area contributed by atoms with Crippen LogP contribution in [0.5, 0.6) is 0 Å². The number of benzene rings is 1. The summed E-state index contributed by atoms with van der Waals surface area (Å²) >= 11 is 0. The third-order valence-corrected chi connectivity index (χ3v) is 7.15. The lowest BCUT2D eigenvalue weighted by Gasteiger charge is -2.37. The van der Waals surface area contributed by atoms with Gasteiger partial charge in [0.05, 0.1) is 11.3 Å². The topological polar surface area (TPSA) is 61.4 Å². The molecule has 34 heavy (non-hydrogen) atoms. The van der Waals surface area contributed by atoms with Crippen LogP contribution in [0.3, 0.4) is 0 Å². The molecule has 2 heterocycles. The lowest BCUT2D eigenvalue weighted by molar-refractivity contribution is -0.137. The van der Waals surface area contributed by atoms with E-state index in [4.69, 9.17) is 4.98 Å². The maximum absolute atomic E-state index is 12.9. The number of alkyl halides is 3. The highest BCUT2D eigenvalue weighted by atomic mass is 19.4. The molecular formula is C25H32F3N5O. The van der Waals surface area contributed by atoms with Crippen molar-refractivity contribution in [1.82, 2.24) is 9.97 Å². The third kappa shape index (κ3) is 4.70. The molecule has 4 rings (SSSR count). The van der Waals surface area contributed by atoms with E-state index in [2.05, 4.69) is 15.2 Å². The fourth-order valence-corrected chi connectivity index (χ4v) is 5.30. The van der Waals surface area contributed by atoms with Crippen molar-refractivity contribution in [1.29, 1.82) is 0 Å². The molecule has 6 nitrogen and oxygen atoms in total. The van der Waals surface area contributed by atoms with Crippen LogP contribution < -0.4 is 15.1 Å². The number of nitrogens with zero attached hydrogens (tertiary/aromatic N) is 4. The van der Waals surface area contributed by atoms with E-state index in [0.29, 0.717) is 11.6 Å². The summed E-state index contributed by atoms with van der Waals surface area (Å²) in [4.78, 5) is 26.1. The van der Waals surface area contributed by atoms with Crippen LogP contribution >= 0.6 is 0 Å². The molecule has 0 saturated heterocycles. The first kappa shape index (κ1) is 24.3. The maximum atomic E-state index is 12.9. The van der Waals surface area contributed by atoms with Gasteiger partial charge in [-0.25, -0.2) is 9.97 Å². The molecule has 0 radical (unpaired) electrons. The van der Waals surface area contributed by atoms with Crippen molar-refractivity contribution < 1.29 is 18.0 Å². The van der Waals surface area contributed by atoms with E-state index in [0.717, 1.165) is 60.8 Å². The molecular weight excluding hydrogens is 443 g/mol. The van der Waals surface area contributed by atoms with Gasteiger partial charge in [0.2, 0.25) is 5.91 Å². The molecule has 184 valence electrons. The van der Waals surface area contributed by atoms with Gasteiger partial charge in [-0.2, -0.15) is 13.2 Å². The summed E-state index contributed by atoms with van der Waals surface area (Å²) in [5, 5.41) is 2.98. The molecule has 0 bridgehead atoms. The Kier molecular flexibility index (Phi) is 6.48. The second-order valence-electron chi connectivity index (χ2n) is 9.91. The molecule has 1 aromatic heterocycles. The van der Waals surface area contributed by atoms with Crippen molar-refractivity contribution in [2.24, 2.45) is 11.8 Å². The highest BCUT2D eigenvalue weighted by molar-refractivity contribution is 6.03. The molecule has 2 aliphatic rings. The van der Waals surface area contributed by atoms with E-state index < -0.39 is 11.7 Å². The maximum Gasteiger partial charge on any atom is 0.416 e. The highest BCUT2D eigenvalue weighted by Gasteiger charge is 2.36. The molecule has 2 aromatic rings. The lowest BCUT2D eigenvalue weighted by Crippen LogP contribution is -2.49. The van der Waals surface area contributed by atoms with Gasteiger partial charge in [-0.1, -0.05) is 13.8 Å². The Hall–Kier alpha value is -2.84. The number of aromatic nitrogens is 2. The monoisotopic (exact) mass is 475 g/mol. The summed E-state index contributed by atoms with van der Waals surface area (Å²) in [6, 6.07) is 5.35. The molecule has 1 aliphatic heterocycles. The van der Waals surface area contributed by atoms with Crippen molar-refractivity contribution in [2.75, 3.05) is 29.2 Å². The Labute approximate surface area is 198 Å². The van der Waals surface area contributed by atoms with Gasteiger partial charge in [0.25, 0.3) is 0 Å². The molecule has 1 saturated carbocycles. The number of hydrogen-bond acceptors (Lipinski definition) is 5. The minimum atomic E-state index is -4.32. The zero-order valence-electron chi connectivity index (χ0n) is 20.3. The molecule has 1 amide bonds. The normalized spacial score (nSPS) is 22.7. The zero-order valence-corrected chi connectivity index (χ0v) is 20.3. The van der Waals surface area contributed by atoms with Crippen molar-refractivity contribution >= 4 is 23.1 Å². The average molecular weight is 476 g/mol. The Morgan fingerprint density at radius 1 is 1.18 bits per heavy atom. The summed E-state index contributed by atoms with van der Waals surface area (Å²) in [6.07, 6.45) is -0.680. The van der Waals surface area contributed by atoms with Gasteiger partial charge in [-0.05, 0) is 62.3 Å². The fraction of sp³-hybridized carbons (Fsp3) is 0.560. The molecule has 1 N–H and O–H groups in total. The predicted octanol–water partition coefficient (Wildman–Crippen LogP) is 5.06. The molecule has 1 aromatic carbocycles. The second-order valence-corrected chi connectivity index (χ2v) is 9.91. The van der Waals surface area contributed by atoms with Crippen LogP contribution in [0, 0.1) is 18.8 Å². The first-order valence-corrected chi connectivity index (χ1v) is 11.8. The number of halogens is 3. The van der Waals surface area contributed by atoms with Crippen LogP contribution in [0.1, 0.15) is 50.2 Å². The summed E-state index contributed by atoms with van der Waals surface area (Å²) in [5.74, 6) is 2.04. The number of likely N-dealkylation sites (N-methyl/N-ethyl adjacent to an activating group) is 1. The van der Waals surface area contributed by atoms with Gasteiger partial charge in [0.1, 0.15) is 17.6 Å². The lowest BCUT2D eigenvalue weighted by atomic mass is 9.99. The number of fused-ring (bicyclic) bond motifs is 1. The Balaban J connectivity index is 1.45. The molecule has 1 fully saturated rings. The number of hydrogen-bond donors (Lipinski definition) is 1. The summed E-state index contributed by atoms with van der Waals surface area (Å²) in [5.41, 5.74) is 1.60. The number of anilines is 3.